The summed E-state index contributed by atoms with van der Waals surface area (Å²) in [5, 5.41) is 9.12. The van der Waals surface area contributed by atoms with Gasteiger partial charge in [-0.1, -0.05) is 13.8 Å². The van der Waals surface area contributed by atoms with Crippen molar-refractivity contribution in [2.24, 2.45) is 23.2 Å². The van der Waals surface area contributed by atoms with Gasteiger partial charge in [0.2, 0.25) is 0 Å². The summed E-state index contributed by atoms with van der Waals surface area (Å²) in [6.45, 7) is 4.32. The zero-order valence-electron chi connectivity index (χ0n) is 9.72. The van der Waals surface area contributed by atoms with Crippen molar-refractivity contribution in [3.8, 4) is 0 Å². The lowest BCUT2D eigenvalue weighted by molar-refractivity contribution is -0.209. The van der Waals surface area contributed by atoms with Crippen molar-refractivity contribution < 1.29 is 18.3 Å². The normalized spacial score (nSPS) is 39.0. The Balaban J connectivity index is 2.00. The van der Waals surface area contributed by atoms with E-state index in [1.807, 2.05) is 0 Å². The molecule has 2 fully saturated rings. The minimum Gasteiger partial charge on any atom is -0.384 e. The first-order valence-corrected chi connectivity index (χ1v) is 5.97. The lowest BCUT2D eigenvalue weighted by Crippen LogP contribution is -2.32. The van der Waals surface area contributed by atoms with Crippen LogP contribution in [0.3, 0.4) is 0 Å². The van der Waals surface area contributed by atoms with Crippen molar-refractivity contribution in [3.63, 3.8) is 0 Å². The fraction of sp³-hybridized carbons (Fsp3) is 1.00. The molecule has 2 aliphatic carbocycles. The summed E-state index contributed by atoms with van der Waals surface area (Å²) < 4.78 is 36.9. The summed E-state index contributed by atoms with van der Waals surface area (Å²) in [5.74, 6) is 0.989. The molecule has 2 rings (SSSR count). The van der Waals surface area contributed by atoms with Gasteiger partial charge in [-0.15, -0.1) is 0 Å². The molecule has 1 nitrogen and oxygen atoms in total. The van der Waals surface area contributed by atoms with Gasteiger partial charge in [-0.3, -0.25) is 0 Å². The second-order valence-electron chi connectivity index (χ2n) is 5.99. The molecule has 1 N–H and O–H groups in total. The molecular weight excluding hydrogens is 217 g/mol. The highest BCUT2D eigenvalue weighted by molar-refractivity contribution is 5.02. The average molecular weight is 236 g/mol. The highest BCUT2D eigenvalue weighted by Gasteiger charge is 2.54. The smallest absolute Gasteiger partial charge is 0.384 e. The van der Waals surface area contributed by atoms with Gasteiger partial charge in [0, 0.05) is 0 Å². The van der Waals surface area contributed by atoms with Crippen molar-refractivity contribution in [1.82, 2.24) is 0 Å². The molecule has 0 spiro atoms. The second-order valence-corrected chi connectivity index (χ2v) is 5.99. The number of halogens is 3. The fourth-order valence-electron chi connectivity index (χ4n) is 3.90. The zero-order chi connectivity index (χ0) is 12.1. The van der Waals surface area contributed by atoms with Crippen LogP contribution in [-0.2, 0) is 0 Å². The molecule has 4 atom stereocenters. The molecule has 0 radical (unpaired) electrons. The average Bonchev–Trinajstić information content (AvgIpc) is 2.53. The fourth-order valence-corrected chi connectivity index (χ4v) is 3.90. The lowest BCUT2D eigenvalue weighted by Gasteiger charge is -2.28. The van der Waals surface area contributed by atoms with E-state index < -0.39 is 12.3 Å². The van der Waals surface area contributed by atoms with E-state index >= 15 is 0 Å². The molecule has 0 saturated heterocycles. The summed E-state index contributed by atoms with van der Waals surface area (Å²) >= 11 is 0. The van der Waals surface area contributed by atoms with Gasteiger partial charge >= 0.3 is 6.18 Å². The topological polar surface area (TPSA) is 20.2 Å². The van der Waals surface area contributed by atoms with Crippen LogP contribution in [0.4, 0.5) is 13.2 Å². The van der Waals surface area contributed by atoms with E-state index in [0.29, 0.717) is 11.8 Å². The zero-order valence-corrected chi connectivity index (χ0v) is 9.72. The number of hydrogen-bond donors (Lipinski definition) is 1. The van der Waals surface area contributed by atoms with Crippen LogP contribution in [0.15, 0.2) is 0 Å². The molecule has 94 valence electrons. The van der Waals surface area contributed by atoms with E-state index in [4.69, 9.17) is 5.11 Å². The SMILES string of the molecule is CC1(C)C2CCC1C(CC(O)C(F)(F)F)C2. The molecule has 2 bridgehead atoms. The molecule has 0 aromatic heterocycles. The van der Waals surface area contributed by atoms with E-state index in [0.717, 1.165) is 19.3 Å². The Hall–Kier alpha value is -0.250. The van der Waals surface area contributed by atoms with Crippen LogP contribution in [-0.4, -0.2) is 17.4 Å². The predicted octanol–water partition coefficient (Wildman–Crippen LogP) is 3.37. The first-order chi connectivity index (χ1) is 7.23. The van der Waals surface area contributed by atoms with Gasteiger partial charge in [0.1, 0.15) is 6.10 Å². The van der Waals surface area contributed by atoms with Crippen LogP contribution in [0, 0.1) is 23.2 Å². The molecule has 0 aliphatic heterocycles. The third-order valence-corrected chi connectivity index (χ3v) is 4.89. The second kappa shape index (κ2) is 3.62. The lowest BCUT2D eigenvalue weighted by atomic mass is 9.78. The van der Waals surface area contributed by atoms with Crippen LogP contribution < -0.4 is 0 Å². The number of aliphatic hydroxyl groups excluding tert-OH is 1. The molecule has 0 heterocycles. The summed E-state index contributed by atoms with van der Waals surface area (Å²) in [4.78, 5) is 0. The van der Waals surface area contributed by atoms with E-state index in [9.17, 15) is 13.2 Å². The van der Waals surface area contributed by atoms with E-state index in [1.165, 1.54) is 0 Å². The quantitative estimate of drug-likeness (QED) is 0.779. The standard InChI is InChI=1S/C12H19F3O/c1-11(2)8-3-4-9(11)7(5-8)6-10(16)12(13,14)15/h7-10,16H,3-6H2,1-2H3. The van der Waals surface area contributed by atoms with Gasteiger partial charge in [0.25, 0.3) is 0 Å². The summed E-state index contributed by atoms with van der Waals surface area (Å²) in [6, 6.07) is 0. The van der Waals surface area contributed by atoms with Crippen molar-refractivity contribution >= 4 is 0 Å². The van der Waals surface area contributed by atoms with Gasteiger partial charge in [-0.05, 0) is 48.9 Å². The number of alkyl halides is 3. The van der Waals surface area contributed by atoms with Gasteiger partial charge in [-0.2, -0.15) is 13.2 Å². The van der Waals surface area contributed by atoms with Crippen LogP contribution in [0.25, 0.3) is 0 Å². The molecule has 2 aliphatic rings. The Labute approximate surface area is 94.0 Å². The van der Waals surface area contributed by atoms with Gasteiger partial charge in [0.05, 0.1) is 0 Å². The van der Waals surface area contributed by atoms with Crippen molar-refractivity contribution in [3.05, 3.63) is 0 Å². The molecule has 4 heteroatoms. The first-order valence-electron chi connectivity index (χ1n) is 5.97. The molecule has 16 heavy (non-hydrogen) atoms. The maximum Gasteiger partial charge on any atom is 0.414 e. The third-order valence-electron chi connectivity index (χ3n) is 4.89. The number of aliphatic hydroxyl groups is 1. The molecule has 0 amide bonds. The Morgan fingerprint density at radius 2 is 1.94 bits per heavy atom. The maximum atomic E-state index is 12.3. The summed E-state index contributed by atoms with van der Waals surface area (Å²) in [7, 11) is 0. The minimum atomic E-state index is -4.45. The van der Waals surface area contributed by atoms with Crippen LogP contribution in [0.2, 0.25) is 0 Å². The molecule has 0 aromatic carbocycles. The van der Waals surface area contributed by atoms with E-state index in [1.54, 1.807) is 0 Å². The number of hydrogen-bond acceptors (Lipinski definition) is 1. The molecule has 4 unspecified atom stereocenters. The van der Waals surface area contributed by atoms with Crippen molar-refractivity contribution in [1.29, 1.82) is 0 Å². The van der Waals surface area contributed by atoms with Crippen LogP contribution in [0.5, 0.6) is 0 Å². The van der Waals surface area contributed by atoms with Gasteiger partial charge in [-0.25, -0.2) is 0 Å². The Morgan fingerprint density at radius 1 is 1.31 bits per heavy atom. The first kappa shape index (κ1) is 12.2. The Kier molecular flexibility index (Phi) is 2.76. The van der Waals surface area contributed by atoms with Crippen LogP contribution >= 0.6 is 0 Å². The molecule has 2 saturated carbocycles. The van der Waals surface area contributed by atoms with E-state index in [2.05, 4.69) is 13.8 Å². The van der Waals surface area contributed by atoms with Gasteiger partial charge in [0.15, 0.2) is 0 Å². The monoisotopic (exact) mass is 236 g/mol. The summed E-state index contributed by atoms with van der Waals surface area (Å²) in [6.07, 6.45) is -3.64. The number of fused-ring (bicyclic) bond motifs is 2. The molecule has 0 aromatic rings. The summed E-state index contributed by atoms with van der Waals surface area (Å²) in [5.41, 5.74) is 0.177. The van der Waals surface area contributed by atoms with E-state index in [-0.39, 0.29) is 17.8 Å². The Morgan fingerprint density at radius 3 is 2.31 bits per heavy atom. The third kappa shape index (κ3) is 1.85. The highest BCUT2D eigenvalue weighted by atomic mass is 19.4. The Bertz CT molecular complexity index is 272. The van der Waals surface area contributed by atoms with Crippen molar-refractivity contribution in [2.75, 3.05) is 0 Å². The van der Waals surface area contributed by atoms with Crippen molar-refractivity contribution in [2.45, 2.75) is 51.8 Å². The number of rotatable bonds is 2. The maximum absolute atomic E-state index is 12.3. The highest BCUT2D eigenvalue weighted by Crippen LogP contribution is 2.61. The largest absolute Gasteiger partial charge is 0.414 e. The van der Waals surface area contributed by atoms with Gasteiger partial charge < -0.3 is 5.11 Å². The minimum absolute atomic E-state index is 0.0605. The predicted molar refractivity (Wildman–Crippen MR) is 54.8 cm³/mol. The molecular formula is C12H19F3O. The van der Waals surface area contributed by atoms with Crippen LogP contribution in [0.1, 0.15) is 39.5 Å².